The van der Waals surface area contributed by atoms with Crippen LogP contribution in [0.1, 0.15) is 5.56 Å². The third kappa shape index (κ3) is 2.36. The molecule has 3 rings (SSSR count). The highest BCUT2D eigenvalue weighted by atomic mass is 14.6. The van der Waals surface area contributed by atoms with Gasteiger partial charge in [0.2, 0.25) is 0 Å². The Kier molecular flexibility index (Phi) is 3.36. The van der Waals surface area contributed by atoms with Gasteiger partial charge in [-0.05, 0) is 35.7 Å². The van der Waals surface area contributed by atoms with Gasteiger partial charge in [0.1, 0.15) is 0 Å². The Morgan fingerprint density at radius 3 is 1.86 bits per heavy atom. The van der Waals surface area contributed by atoms with Gasteiger partial charge in [-0.15, -0.1) is 0 Å². The molecule has 0 aromatic heterocycles. The van der Waals surface area contributed by atoms with E-state index in [9.17, 15) is 0 Å². The van der Waals surface area contributed by atoms with Crippen molar-refractivity contribution in [3.8, 4) is 22.3 Å². The molecule has 0 amide bonds. The first kappa shape index (κ1) is 13.3. The summed E-state index contributed by atoms with van der Waals surface area (Å²) in [5.74, 6) is 0. The van der Waals surface area contributed by atoms with Crippen molar-refractivity contribution in [1.29, 1.82) is 0 Å². The topological polar surface area (TPSA) is 52.0 Å². The van der Waals surface area contributed by atoms with Gasteiger partial charge < -0.3 is 11.5 Å². The first-order valence-corrected chi connectivity index (χ1v) is 6.98. The maximum absolute atomic E-state index is 6.27. The van der Waals surface area contributed by atoms with Gasteiger partial charge in [-0.3, -0.25) is 0 Å². The predicted octanol–water partition coefficient (Wildman–Crippen LogP) is 4.49. The van der Waals surface area contributed by atoms with Gasteiger partial charge in [0.05, 0.1) is 0 Å². The molecule has 2 nitrogen and oxygen atoms in total. The van der Waals surface area contributed by atoms with E-state index in [2.05, 4.69) is 31.2 Å². The number of nitrogen functional groups attached to an aromatic ring is 2. The zero-order valence-corrected chi connectivity index (χ0v) is 12.0. The summed E-state index contributed by atoms with van der Waals surface area (Å²) < 4.78 is 0. The van der Waals surface area contributed by atoms with Crippen LogP contribution in [0.2, 0.25) is 0 Å². The number of hydrogen-bond donors (Lipinski definition) is 2. The molecule has 3 aromatic carbocycles. The molecule has 0 bridgehead atoms. The summed E-state index contributed by atoms with van der Waals surface area (Å²) in [4.78, 5) is 0. The van der Waals surface area contributed by atoms with Crippen molar-refractivity contribution in [3.63, 3.8) is 0 Å². The SMILES string of the molecule is Cc1ccccc1-c1c(N)ccc(N)c1-c1ccccc1. The van der Waals surface area contributed by atoms with E-state index >= 15 is 0 Å². The molecule has 0 aliphatic rings. The standard InChI is InChI=1S/C19H18N2/c1-13-7-5-6-10-15(13)19-17(21)12-11-16(20)18(19)14-8-3-2-4-9-14/h2-12H,20-21H2,1H3. The molecule has 0 saturated heterocycles. The minimum atomic E-state index is 0.744. The quantitative estimate of drug-likeness (QED) is 0.676. The average Bonchev–Trinajstić information content (AvgIpc) is 2.51. The molecule has 0 atom stereocenters. The fourth-order valence-corrected chi connectivity index (χ4v) is 2.69. The van der Waals surface area contributed by atoms with Gasteiger partial charge >= 0.3 is 0 Å². The number of nitrogens with two attached hydrogens (primary N) is 2. The molecule has 0 radical (unpaired) electrons. The number of rotatable bonds is 2. The highest BCUT2D eigenvalue weighted by molar-refractivity contribution is 5.97. The number of aryl methyl sites for hydroxylation is 1. The largest absolute Gasteiger partial charge is 0.398 e. The molecule has 0 unspecified atom stereocenters. The zero-order chi connectivity index (χ0) is 14.8. The molecule has 0 aliphatic heterocycles. The van der Waals surface area contributed by atoms with E-state index in [4.69, 9.17) is 11.5 Å². The van der Waals surface area contributed by atoms with Crippen LogP contribution in [-0.4, -0.2) is 0 Å². The van der Waals surface area contributed by atoms with Crippen LogP contribution in [0.5, 0.6) is 0 Å². The maximum Gasteiger partial charge on any atom is 0.0401 e. The monoisotopic (exact) mass is 274 g/mol. The van der Waals surface area contributed by atoms with Crippen LogP contribution >= 0.6 is 0 Å². The molecule has 2 heteroatoms. The summed E-state index contributed by atoms with van der Waals surface area (Å²) in [5.41, 5.74) is 19.4. The summed E-state index contributed by atoms with van der Waals surface area (Å²) >= 11 is 0. The minimum absolute atomic E-state index is 0.744. The van der Waals surface area contributed by atoms with Crippen LogP contribution in [0, 0.1) is 6.92 Å². The second kappa shape index (κ2) is 5.33. The van der Waals surface area contributed by atoms with Crippen molar-refractivity contribution >= 4 is 11.4 Å². The van der Waals surface area contributed by atoms with Crippen LogP contribution < -0.4 is 11.5 Å². The number of benzene rings is 3. The van der Waals surface area contributed by atoms with Crippen LogP contribution in [0.25, 0.3) is 22.3 Å². The van der Waals surface area contributed by atoms with Gasteiger partial charge in [-0.25, -0.2) is 0 Å². The molecule has 0 fully saturated rings. The zero-order valence-electron chi connectivity index (χ0n) is 12.0. The molecular formula is C19H18N2. The van der Waals surface area contributed by atoms with E-state index in [1.54, 1.807) is 0 Å². The summed E-state index contributed by atoms with van der Waals surface area (Å²) in [6, 6.07) is 22.1. The number of anilines is 2. The maximum atomic E-state index is 6.27. The lowest BCUT2D eigenvalue weighted by Crippen LogP contribution is -1.99. The fourth-order valence-electron chi connectivity index (χ4n) is 2.69. The van der Waals surface area contributed by atoms with Crippen molar-refractivity contribution in [2.75, 3.05) is 11.5 Å². The Labute approximate surface area is 125 Å². The Bertz CT molecular complexity index is 777. The smallest absolute Gasteiger partial charge is 0.0401 e. The highest BCUT2D eigenvalue weighted by Crippen LogP contribution is 2.41. The van der Waals surface area contributed by atoms with E-state index in [-0.39, 0.29) is 0 Å². The van der Waals surface area contributed by atoms with Crippen molar-refractivity contribution < 1.29 is 0 Å². The van der Waals surface area contributed by atoms with Crippen molar-refractivity contribution in [2.45, 2.75) is 6.92 Å². The van der Waals surface area contributed by atoms with Crippen molar-refractivity contribution in [3.05, 3.63) is 72.3 Å². The Hall–Kier alpha value is -2.74. The average molecular weight is 274 g/mol. The molecule has 3 aromatic rings. The van der Waals surface area contributed by atoms with E-state index in [1.807, 2.05) is 42.5 Å². The Morgan fingerprint density at radius 1 is 0.619 bits per heavy atom. The van der Waals surface area contributed by atoms with E-state index in [0.717, 1.165) is 33.6 Å². The van der Waals surface area contributed by atoms with E-state index in [1.165, 1.54) is 5.56 Å². The predicted molar refractivity (Wildman–Crippen MR) is 90.9 cm³/mol. The van der Waals surface area contributed by atoms with Gasteiger partial charge in [-0.2, -0.15) is 0 Å². The summed E-state index contributed by atoms with van der Waals surface area (Å²) in [5, 5.41) is 0. The van der Waals surface area contributed by atoms with Gasteiger partial charge in [0.15, 0.2) is 0 Å². The van der Waals surface area contributed by atoms with Crippen molar-refractivity contribution in [1.82, 2.24) is 0 Å². The Morgan fingerprint density at radius 2 is 1.19 bits per heavy atom. The summed E-state index contributed by atoms with van der Waals surface area (Å²) in [7, 11) is 0. The molecule has 0 saturated carbocycles. The fraction of sp³-hybridized carbons (Fsp3) is 0.0526. The van der Waals surface area contributed by atoms with Crippen LogP contribution in [0.3, 0.4) is 0 Å². The molecule has 0 aliphatic carbocycles. The van der Waals surface area contributed by atoms with Crippen LogP contribution in [0.4, 0.5) is 11.4 Å². The lowest BCUT2D eigenvalue weighted by atomic mass is 9.90. The second-order valence-electron chi connectivity index (χ2n) is 5.17. The minimum Gasteiger partial charge on any atom is -0.398 e. The van der Waals surface area contributed by atoms with Crippen LogP contribution in [-0.2, 0) is 0 Å². The normalized spacial score (nSPS) is 10.5. The third-order valence-corrected chi connectivity index (χ3v) is 3.75. The number of hydrogen-bond acceptors (Lipinski definition) is 2. The molecule has 0 heterocycles. The summed E-state index contributed by atoms with van der Waals surface area (Å²) in [6.45, 7) is 2.09. The summed E-state index contributed by atoms with van der Waals surface area (Å²) in [6.07, 6.45) is 0. The van der Waals surface area contributed by atoms with E-state index in [0.29, 0.717) is 0 Å². The van der Waals surface area contributed by atoms with E-state index < -0.39 is 0 Å². The lowest BCUT2D eigenvalue weighted by Gasteiger charge is -2.17. The van der Waals surface area contributed by atoms with Gasteiger partial charge in [0.25, 0.3) is 0 Å². The third-order valence-electron chi connectivity index (χ3n) is 3.75. The van der Waals surface area contributed by atoms with Crippen molar-refractivity contribution in [2.24, 2.45) is 0 Å². The lowest BCUT2D eigenvalue weighted by molar-refractivity contribution is 1.45. The molecule has 4 N–H and O–H groups in total. The van der Waals surface area contributed by atoms with Gasteiger partial charge in [-0.1, -0.05) is 54.6 Å². The van der Waals surface area contributed by atoms with Crippen LogP contribution in [0.15, 0.2) is 66.7 Å². The first-order valence-electron chi connectivity index (χ1n) is 6.98. The molecule has 21 heavy (non-hydrogen) atoms. The Balaban J connectivity index is 2.35. The first-order chi connectivity index (χ1) is 10.2. The molecular weight excluding hydrogens is 256 g/mol. The highest BCUT2D eigenvalue weighted by Gasteiger charge is 2.15. The second-order valence-corrected chi connectivity index (χ2v) is 5.17. The van der Waals surface area contributed by atoms with Gasteiger partial charge in [0, 0.05) is 22.5 Å². The molecule has 104 valence electrons. The molecule has 0 spiro atoms.